The van der Waals surface area contributed by atoms with E-state index in [4.69, 9.17) is 14.9 Å². The fraction of sp³-hybridized carbons (Fsp3) is 0.500. The summed E-state index contributed by atoms with van der Waals surface area (Å²) in [6.07, 6.45) is 0. The number of benzene rings is 1. The van der Waals surface area contributed by atoms with Gasteiger partial charge in [0.1, 0.15) is 11.6 Å². The van der Waals surface area contributed by atoms with Crippen molar-refractivity contribution in [1.82, 2.24) is 0 Å². The van der Waals surface area contributed by atoms with E-state index in [9.17, 15) is 4.39 Å². The Morgan fingerprint density at radius 1 is 1.35 bits per heavy atom. The molecular weight excluding hydrogens is 225 g/mol. The fourth-order valence-corrected chi connectivity index (χ4v) is 1.28. The lowest BCUT2D eigenvalue weighted by atomic mass is 9.93. The lowest BCUT2D eigenvalue weighted by Gasteiger charge is -2.25. The van der Waals surface area contributed by atoms with Crippen LogP contribution in [0.15, 0.2) is 18.2 Å². The normalized spacial score (nSPS) is 11.4. The van der Waals surface area contributed by atoms with E-state index in [1.807, 2.05) is 0 Å². The van der Waals surface area contributed by atoms with Crippen molar-refractivity contribution in [2.45, 2.75) is 6.92 Å². The highest BCUT2D eigenvalue weighted by molar-refractivity contribution is 5.56. The molecule has 17 heavy (non-hydrogen) atoms. The van der Waals surface area contributed by atoms with Gasteiger partial charge < -0.3 is 20.3 Å². The van der Waals surface area contributed by atoms with Crippen LogP contribution in [-0.4, -0.2) is 37.1 Å². The summed E-state index contributed by atoms with van der Waals surface area (Å²) < 4.78 is 18.0. The molecule has 0 saturated heterocycles. The average Bonchev–Trinajstić information content (AvgIpc) is 2.36. The smallest absolute Gasteiger partial charge is 0.144 e. The number of ether oxygens (including phenoxy) is 1. The third-order valence-corrected chi connectivity index (χ3v) is 2.63. The molecule has 0 unspecified atom stereocenters. The third-order valence-electron chi connectivity index (χ3n) is 2.63. The van der Waals surface area contributed by atoms with E-state index in [-0.39, 0.29) is 19.0 Å². The predicted octanol–water partition coefficient (Wildman–Crippen LogP) is 1.24. The molecule has 0 saturated carbocycles. The second-order valence-corrected chi connectivity index (χ2v) is 4.33. The van der Waals surface area contributed by atoms with Gasteiger partial charge in [0.15, 0.2) is 0 Å². The standard InChI is InChI=1S/C12H18FNO3/c1-12(7-15,8-16)6-14-10-4-3-9(13)5-11(10)17-2/h3-5,14-16H,6-8H2,1-2H3. The number of methoxy groups -OCH3 is 1. The van der Waals surface area contributed by atoms with E-state index >= 15 is 0 Å². The molecule has 0 aliphatic rings. The number of hydrogen-bond donors (Lipinski definition) is 3. The first-order chi connectivity index (χ1) is 8.04. The zero-order valence-corrected chi connectivity index (χ0v) is 10.0. The molecule has 0 aliphatic carbocycles. The molecule has 0 amide bonds. The molecule has 0 aliphatic heterocycles. The molecule has 0 heterocycles. The maximum absolute atomic E-state index is 13.0. The number of aliphatic hydroxyl groups excluding tert-OH is 2. The van der Waals surface area contributed by atoms with Gasteiger partial charge in [-0.3, -0.25) is 0 Å². The van der Waals surface area contributed by atoms with Gasteiger partial charge in [-0.15, -0.1) is 0 Å². The first-order valence-corrected chi connectivity index (χ1v) is 5.34. The van der Waals surface area contributed by atoms with E-state index in [2.05, 4.69) is 5.32 Å². The zero-order valence-electron chi connectivity index (χ0n) is 10.0. The van der Waals surface area contributed by atoms with Crippen molar-refractivity contribution >= 4 is 5.69 Å². The van der Waals surface area contributed by atoms with Crippen LogP contribution in [0.5, 0.6) is 5.75 Å². The van der Waals surface area contributed by atoms with Crippen LogP contribution < -0.4 is 10.1 Å². The van der Waals surface area contributed by atoms with Crippen molar-refractivity contribution in [1.29, 1.82) is 0 Å². The Hall–Kier alpha value is -1.33. The van der Waals surface area contributed by atoms with Crippen molar-refractivity contribution < 1.29 is 19.3 Å². The molecular formula is C12H18FNO3. The van der Waals surface area contributed by atoms with Crippen LogP contribution in [0.1, 0.15) is 6.92 Å². The molecule has 96 valence electrons. The van der Waals surface area contributed by atoms with Crippen LogP contribution in [0.25, 0.3) is 0 Å². The van der Waals surface area contributed by atoms with Gasteiger partial charge in [0.25, 0.3) is 0 Å². The molecule has 0 bridgehead atoms. The quantitative estimate of drug-likeness (QED) is 0.703. The van der Waals surface area contributed by atoms with Gasteiger partial charge >= 0.3 is 0 Å². The summed E-state index contributed by atoms with van der Waals surface area (Å²) in [5.74, 6) is 0.0164. The van der Waals surface area contributed by atoms with E-state index < -0.39 is 5.41 Å². The monoisotopic (exact) mass is 243 g/mol. The topological polar surface area (TPSA) is 61.7 Å². The molecule has 0 aromatic heterocycles. The van der Waals surface area contributed by atoms with Crippen LogP contribution in [0, 0.1) is 11.2 Å². The lowest BCUT2D eigenvalue weighted by Crippen LogP contribution is -2.34. The highest BCUT2D eigenvalue weighted by Crippen LogP contribution is 2.26. The van der Waals surface area contributed by atoms with Crippen LogP contribution in [0.2, 0.25) is 0 Å². The molecule has 0 atom stereocenters. The first-order valence-electron chi connectivity index (χ1n) is 5.34. The summed E-state index contributed by atoms with van der Waals surface area (Å²) in [5, 5.41) is 21.3. The highest BCUT2D eigenvalue weighted by Gasteiger charge is 2.22. The Balaban J connectivity index is 2.75. The number of hydrogen-bond acceptors (Lipinski definition) is 4. The predicted molar refractivity (Wildman–Crippen MR) is 63.7 cm³/mol. The number of nitrogens with one attached hydrogen (secondary N) is 1. The number of aliphatic hydroxyl groups is 2. The maximum atomic E-state index is 13.0. The van der Waals surface area contributed by atoms with Gasteiger partial charge in [0, 0.05) is 18.0 Å². The van der Waals surface area contributed by atoms with Crippen molar-refractivity contribution in [2.75, 3.05) is 32.2 Å². The van der Waals surface area contributed by atoms with Gasteiger partial charge in [-0.1, -0.05) is 6.92 Å². The largest absolute Gasteiger partial charge is 0.494 e. The van der Waals surface area contributed by atoms with Crippen molar-refractivity contribution in [3.05, 3.63) is 24.0 Å². The number of halogens is 1. The van der Waals surface area contributed by atoms with Gasteiger partial charge in [-0.2, -0.15) is 0 Å². The minimum Gasteiger partial charge on any atom is -0.494 e. The van der Waals surface area contributed by atoms with E-state index in [1.165, 1.54) is 19.2 Å². The Bertz CT molecular complexity index is 367. The van der Waals surface area contributed by atoms with Gasteiger partial charge in [0.05, 0.1) is 26.0 Å². The Kier molecular flexibility index (Phi) is 4.72. The Morgan fingerprint density at radius 2 is 2.00 bits per heavy atom. The second kappa shape index (κ2) is 5.84. The molecule has 5 heteroatoms. The zero-order chi connectivity index (χ0) is 12.9. The molecule has 1 aromatic rings. The fourth-order valence-electron chi connectivity index (χ4n) is 1.28. The van der Waals surface area contributed by atoms with Gasteiger partial charge in [0.2, 0.25) is 0 Å². The van der Waals surface area contributed by atoms with Crippen molar-refractivity contribution in [3.63, 3.8) is 0 Å². The number of anilines is 1. The SMILES string of the molecule is COc1cc(F)ccc1NCC(C)(CO)CO. The molecule has 3 N–H and O–H groups in total. The Labute approximate surface area is 100 Å². The minimum absolute atomic E-state index is 0.139. The third kappa shape index (κ3) is 3.57. The molecule has 1 aromatic carbocycles. The molecule has 1 rings (SSSR count). The summed E-state index contributed by atoms with van der Waals surface area (Å²) >= 11 is 0. The lowest BCUT2D eigenvalue weighted by molar-refractivity contribution is 0.0806. The molecule has 0 radical (unpaired) electrons. The summed E-state index contributed by atoms with van der Waals surface area (Å²) in [6, 6.07) is 4.15. The summed E-state index contributed by atoms with van der Waals surface area (Å²) in [4.78, 5) is 0. The first kappa shape index (κ1) is 13.7. The average molecular weight is 243 g/mol. The molecule has 0 spiro atoms. The van der Waals surface area contributed by atoms with Gasteiger partial charge in [-0.25, -0.2) is 4.39 Å². The second-order valence-electron chi connectivity index (χ2n) is 4.33. The minimum atomic E-state index is -0.626. The van der Waals surface area contributed by atoms with Crippen LogP contribution >= 0.6 is 0 Å². The van der Waals surface area contributed by atoms with E-state index in [0.29, 0.717) is 18.0 Å². The van der Waals surface area contributed by atoms with Gasteiger partial charge in [-0.05, 0) is 12.1 Å². The summed E-state index contributed by atoms with van der Waals surface area (Å²) in [5.41, 5.74) is 0.00128. The van der Waals surface area contributed by atoms with Crippen LogP contribution in [0.4, 0.5) is 10.1 Å². The van der Waals surface area contributed by atoms with Crippen LogP contribution in [0.3, 0.4) is 0 Å². The van der Waals surface area contributed by atoms with Crippen molar-refractivity contribution in [2.24, 2.45) is 5.41 Å². The molecule has 4 nitrogen and oxygen atoms in total. The Morgan fingerprint density at radius 3 is 2.53 bits per heavy atom. The van der Waals surface area contributed by atoms with E-state index in [1.54, 1.807) is 13.0 Å². The number of rotatable bonds is 6. The summed E-state index contributed by atoms with van der Waals surface area (Å²) in [6.45, 7) is 1.83. The molecule has 0 fully saturated rings. The van der Waals surface area contributed by atoms with Crippen molar-refractivity contribution in [3.8, 4) is 5.75 Å². The van der Waals surface area contributed by atoms with Crippen LogP contribution in [-0.2, 0) is 0 Å². The van der Waals surface area contributed by atoms with E-state index in [0.717, 1.165) is 0 Å². The highest BCUT2D eigenvalue weighted by atomic mass is 19.1. The summed E-state index contributed by atoms with van der Waals surface area (Å²) in [7, 11) is 1.46. The maximum Gasteiger partial charge on any atom is 0.144 e.